The van der Waals surface area contributed by atoms with Crippen LogP contribution in [0, 0.1) is 6.07 Å². The third kappa shape index (κ3) is 8.04. The van der Waals surface area contributed by atoms with Crippen molar-refractivity contribution >= 4 is 33.1 Å². The van der Waals surface area contributed by atoms with Crippen LogP contribution < -0.4 is 0 Å². The van der Waals surface area contributed by atoms with Gasteiger partial charge in [0, 0.05) is 0 Å². The zero-order valence-electron chi connectivity index (χ0n) is 9.57. The first-order valence-electron chi connectivity index (χ1n) is 5.13. The van der Waals surface area contributed by atoms with Gasteiger partial charge in [-0.05, 0) is 23.0 Å². The standard InChI is InChI=1S/C12H17S2.ClH.Pd/c1-3-13-9-11-6-5-7-12(8-11)10-14-4-2;;/h6-8H,3-4,9-10H2,1-2H3;1H;/q-1;;+2/p-1. The average molecular weight is 367 g/mol. The zero-order chi connectivity index (χ0) is 12.2. The summed E-state index contributed by atoms with van der Waals surface area (Å²) >= 11 is 6.16. The average Bonchev–Trinajstić information content (AvgIpc) is 2.37. The van der Waals surface area contributed by atoms with Crippen molar-refractivity contribution < 1.29 is 18.2 Å². The maximum atomic E-state index is 4.49. The summed E-state index contributed by atoms with van der Waals surface area (Å²) in [5.74, 6) is 4.62. The van der Waals surface area contributed by atoms with E-state index in [9.17, 15) is 0 Å². The molecule has 0 N–H and O–H groups in total. The Labute approximate surface area is 123 Å². The molecule has 0 atom stereocenters. The molecule has 0 bridgehead atoms. The van der Waals surface area contributed by atoms with Gasteiger partial charge < -0.3 is 0 Å². The Morgan fingerprint density at radius 2 is 1.50 bits per heavy atom. The van der Waals surface area contributed by atoms with Crippen molar-refractivity contribution in [2.24, 2.45) is 0 Å². The molecule has 0 saturated heterocycles. The number of rotatable bonds is 6. The molecule has 0 fully saturated rings. The number of hydrogen-bond donors (Lipinski definition) is 0. The van der Waals surface area contributed by atoms with Crippen LogP contribution in [0.25, 0.3) is 0 Å². The van der Waals surface area contributed by atoms with Crippen LogP contribution >= 0.6 is 33.1 Å². The summed E-state index contributed by atoms with van der Waals surface area (Å²) in [6, 6.07) is 9.73. The van der Waals surface area contributed by atoms with Crippen molar-refractivity contribution in [3.05, 3.63) is 35.4 Å². The molecule has 0 nitrogen and oxygen atoms in total. The summed E-state index contributed by atoms with van der Waals surface area (Å²) in [5.41, 5.74) is 2.82. The Hall–Kier alpha value is 0.872. The first-order valence-corrected chi connectivity index (χ1v) is 9.44. The fraction of sp³-hybridized carbons (Fsp3) is 0.500. The van der Waals surface area contributed by atoms with Crippen LogP contribution in [-0.4, -0.2) is 11.5 Å². The molecule has 94 valence electrons. The molecule has 0 aromatic heterocycles. The molecular formula is C12H17ClPdS2. The van der Waals surface area contributed by atoms with Crippen LogP contribution in [0.2, 0.25) is 0 Å². The molecule has 16 heavy (non-hydrogen) atoms. The van der Waals surface area contributed by atoms with Gasteiger partial charge in [-0.15, -0.1) is 11.1 Å². The van der Waals surface area contributed by atoms with E-state index in [0.717, 1.165) is 11.5 Å². The Morgan fingerprint density at radius 3 is 1.88 bits per heavy atom. The number of benzene rings is 1. The van der Waals surface area contributed by atoms with E-state index in [1.54, 1.807) is 0 Å². The maximum absolute atomic E-state index is 4.49. The number of halogens is 1. The topological polar surface area (TPSA) is 0 Å². The second kappa shape index (κ2) is 12.3. The van der Waals surface area contributed by atoms with Crippen molar-refractivity contribution in [1.29, 1.82) is 0 Å². The van der Waals surface area contributed by atoms with Gasteiger partial charge in [-0.2, -0.15) is 47.8 Å². The van der Waals surface area contributed by atoms with Crippen molar-refractivity contribution in [3.8, 4) is 0 Å². The summed E-state index contributed by atoms with van der Waals surface area (Å²) in [6.07, 6.45) is 0. The summed E-state index contributed by atoms with van der Waals surface area (Å²) < 4.78 is 0. The van der Waals surface area contributed by atoms with Crippen molar-refractivity contribution in [1.82, 2.24) is 0 Å². The van der Waals surface area contributed by atoms with Crippen LogP contribution in [0.4, 0.5) is 0 Å². The molecule has 1 rings (SSSR count). The van der Waals surface area contributed by atoms with E-state index >= 15 is 0 Å². The van der Waals surface area contributed by atoms with Gasteiger partial charge >= 0.3 is 27.7 Å². The van der Waals surface area contributed by atoms with Crippen molar-refractivity contribution in [2.75, 3.05) is 11.5 Å². The van der Waals surface area contributed by atoms with E-state index in [1.807, 2.05) is 23.5 Å². The first kappa shape index (κ1) is 16.9. The molecule has 1 aromatic carbocycles. The van der Waals surface area contributed by atoms with E-state index in [1.165, 1.54) is 22.6 Å². The van der Waals surface area contributed by atoms with Gasteiger partial charge in [0.25, 0.3) is 0 Å². The summed E-state index contributed by atoms with van der Waals surface area (Å²) in [4.78, 5) is 0. The van der Waals surface area contributed by atoms with Crippen molar-refractivity contribution in [3.63, 3.8) is 0 Å². The molecule has 0 saturated carbocycles. The summed E-state index contributed by atoms with van der Waals surface area (Å²) in [7, 11) is 4.49. The predicted octanol–water partition coefficient (Wildman–Crippen LogP) is 4.68. The molecule has 0 unspecified atom stereocenters. The molecule has 0 aliphatic rings. The quantitative estimate of drug-likeness (QED) is 0.529. The first-order chi connectivity index (χ1) is 7.86. The third-order valence-electron chi connectivity index (χ3n) is 1.85. The van der Waals surface area contributed by atoms with E-state index in [4.69, 9.17) is 0 Å². The van der Waals surface area contributed by atoms with Gasteiger partial charge in [0.05, 0.1) is 0 Å². The Bertz CT molecular complexity index is 246. The molecule has 0 heterocycles. The Kier molecular flexibility index (Phi) is 13.0. The molecule has 0 amide bonds. The van der Waals surface area contributed by atoms with Crippen LogP contribution in [0.1, 0.15) is 25.0 Å². The van der Waals surface area contributed by atoms with Gasteiger partial charge in [0.1, 0.15) is 0 Å². The van der Waals surface area contributed by atoms with Crippen LogP contribution in [0.5, 0.6) is 0 Å². The van der Waals surface area contributed by atoms with Gasteiger partial charge in [-0.1, -0.05) is 13.8 Å². The third-order valence-corrected chi connectivity index (χ3v) is 3.75. The van der Waals surface area contributed by atoms with E-state index in [0.29, 0.717) is 0 Å². The van der Waals surface area contributed by atoms with Crippen molar-refractivity contribution in [2.45, 2.75) is 25.4 Å². The molecule has 0 aliphatic carbocycles. The number of hydrogen-bond acceptors (Lipinski definition) is 2. The number of thioether (sulfide) groups is 2. The summed E-state index contributed by atoms with van der Waals surface area (Å²) in [6.45, 7) is 4.40. The second-order valence-corrected chi connectivity index (χ2v) is 5.57. The molecular weight excluding hydrogens is 350 g/mol. The van der Waals surface area contributed by atoms with Crippen LogP contribution in [-0.2, 0) is 29.7 Å². The van der Waals surface area contributed by atoms with Gasteiger partial charge in [0.2, 0.25) is 0 Å². The monoisotopic (exact) mass is 366 g/mol. The SMILES string of the molecule is CCSCc1c[c-]cc(CSCC)c1.[Cl][Pd+]. The van der Waals surface area contributed by atoms with Gasteiger partial charge in [-0.25, -0.2) is 0 Å². The molecule has 1 aromatic rings. The van der Waals surface area contributed by atoms with Gasteiger partial charge in [-0.3, -0.25) is 0 Å². The van der Waals surface area contributed by atoms with Crippen LogP contribution in [0.3, 0.4) is 0 Å². The second-order valence-electron chi connectivity index (χ2n) is 3.02. The predicted molar refractivity (Wildman–Crippen MR) is 74.8 cm³/mol. The molecule has 0 spiro atoms. The molecule has 0 radical (unpaired) electrons. The Balaban J connectivity index is 0.00000106. The zero-order valence-corrected chi connectivity index (χ0v) is 13.5. The fourth-order valence-electron chi connectivity index (χ4n) is 1.18. The van der Waals surface area contributed by atoms with Crippen LogP contribution in [0.15, 0.2) is 18.2 Å². The van der Waals surface area contributed by atoms with E-state index in [-0.39, 0.29) is 0 Å². The van der Waals surface area contributed by atoms with E-state index < -0.39 is 0 Å². The van der Waals surface area contributed by atoms with E-state index in [2.05, 4.69) is 65.8 Å². The van der Waals surface area contributed by atoms with Gasteiger partial charge in [0.15, 0.2) is 0 Å². The normalized spacial score (nSPS) is 9.56. The summed E-state index contributed by atoms with van der Waals surface area (Å²) in [5, 5.41) is 0. The minimum absolute atomic E-state index is 1.12. The fourth-order valence-corrected chi connectivity index (χ4v) is 2.40. The minimum atomic E-state index is 1.12. The Morgan fingerprint density at radius 1 is 1.06 bits per heavy atom. The molecule has 0 aliphatic heterocycles. The molecule has 4 heteroatoms.